The van der Waals surface area contributed by atoms with Crippen molar-refractivity contribution in [2.75, 3.05) is 0 Å². The van der Waals surface area contributed by atoms with Crippen LogP contribution in [0.2, 0.25) is 0 Å². The third-order valence-corrected chi connectivity index (χ3v) is 2.88. The number of phenols is 1. The molecule has 1 aliphatic heterocycles. The third-order valence-electron chi connectivity index (χ3n) is 2.88. The minimum Gasteiger partial charge on any atom is -0.506 e. The largest absolute Gasteiger partial charge is 0.506 e. The lowest BCUT2D eigenvalue weighted by Crippen LogP contribution is -2.00. The molecule has 6 nitrogen and oxygen atoms in total. The molecule has 1 aromatic heterocycles. The molecule has 1 aromatic carbocycles. The predicted molar refractivity (Wildman–Crippen MR) is 77.9 cm³/mol. The number of aromatic nitrogens is 1. The highest BCUT2D eigenvalue weighted by atomic mass is 16.5. The fourth-order valence-corrected chi connectivity index (χ4v) is 1.91. The lowest BCUT2D eigenvalue weighted by Gasteiger charge is -2.04. The molecule has 0 saturated heterocycles. The lowest BCUT2D eigenvalue weighted by molar-refractivity contribution is 0.0109. The maximum atomic E-state index is 9.78. The highest BCUT2D eigenvalue weighted by molar-refractivity contribution is 5.93. The number of hydrogen-bond donors (Lipinski definition) is 2. The van der Waals surface area contributed by atoms with Crippen LogP contribution in [0.1, 0.15) is 0 Å². The Morgan fingerprint density at radius 2 is 2.00 bits per heavy atom. The van der Waals surface area contributed by atoms with Gasteiger partial charge in [0.25, 0.3) is 0 Å². The molecule has 0 radical (unpaired) electrons. The normalized spacial score (nSPS) is 14.7. The minimum atomic E-state index is 0.101. The number of azo groups is 1. The van der Waals surface area contributed by atoms with Crippen molar-refractivity contribution in [3.63, 3.8) is 0 Å². The quantitative estimate of drug-likeness (QED) is 0.823. The number of hydroxylamine groups is 2. The SMILES string of the molecule is Oc1ccc(N=NC2=CN(O)C=CC=C2)c2cccnc12. The average molecular weight is 280 g/mol. The number of rotatable bonds is 2. The standard InChI is InChI=1S/C15H12N4O2/c20-14-7-6-13(12-5-3-8-16-15(12)14)18-17-11-4-1-2-9-19(21)10-11/h1-10,20-21H. The summed E-state index contributed by atoms with van der Waals surface area (Å²) in [6.45, 7) is 0. The van der Waals surface area contributed by atoms with E-state index in [4.69, 9.17) is 0 Å². The Balaban J connectivity index is 1.99. The van der Waals surface area contributed by atoms with E-state index >= 15 is 0 Å². The molecule has 0 amide bonds. The molecule has 3 rings (SSSR count). The van der Waals surface area contributed by atoms with E-state index in [0.29, 0.717) is 22.3 Å². The summed E-state index contributed by atoms with van der Waals surface area (Å²) < 4.78 is 0. The fraction of sp³-hybridized carbons (Fsp3) is 0. The van der Waals surface area contributed by atoms with Crippen LogP contribution in [-0.2, 0) is 0 Å². The first-order valence-corrected chi connectivity index (χ1v) is 6.26. The first kappa shape index (κ1) is 13.0. The number of nitrogens with zero attached hydrogens (tertiary/aromatic N) is 4. The van der Waals surface area contributed by atoms with Crippen molar-refractivity contribution in [3.05, 3.63) is 66.8 Å². The first-order valence-electron chi connectivity index (χ1n) is 6.26. The number of phenolic OH excluding ortho intramolecular Hbond substituents is 1. The van der Waals surface area contributed by atoms with E-state index in [1.165, 1.54) is 18.5 Å². The molecule has 0 fully saturated rings. The summed E-state index contributed by atoms with van der Waals surface area (Å²) in [4.78, 5) is 4.12. The molecular weight excluding hydrogens is 268 g/mol. The molecule has 0 unspecified atom stereocenters. The predicted octanol–water partition coefficient (Wildman–Crippen LogP) is 3.64. The van der Waals surface area contributed by atoms with E-state index in [1.54, 1.807) is 36.6 Å². The number of aromatic hydroxyl groups is 1. The second-order valence-electron chi connectivity index (χ2n) is 4.34. The van der Waals surface area contributed by atoms with Gasteiger partial charge in [0.05, 0.1) is 11.9 Å². The van der Waals surface area contributed by atoms with Crippen molar-refractivity contribution in [2.45, 2.75) is 0 Å². The zero-order valence-electron chi connectivity index (χ0n) is 11.0. The summed E-state index contributed by atoms with van der Waals surface area (Å²) in [6.07, 6.45) is 9.67. The number of pyridine rings is 1. The molecule has 0 spiro atoms. The first-order chi connectivity index (χ1) is 10.2. The van der Waals surface area contributed by atoms with E-state index in [-0.39, 0.29) is 5.75 Å². The van der Waals surface area contributed by atoms with Crippen LogP contribution in [0.4, 0.5) is 5.69 Å². The summed E-state index contributed by atoms with van der Waals surface area (Å²) in [6, 6.07) is 6.78. The average Bonchev–Trinajstić information content (AvgIpc) is 2.71. The van der Waals surface area contributed by atoms with Crippen molar-refractivity contribution >= 4 is 16.6 Å². The van der Waals surface area contributed by atoms with Gasteiger partial charge in [-0.2, -0.15) is 0 Å². The van der Waals surface area contributed by atoms with Gasteiger partial charge in [-0.15, -0.1) is 10.2 Å². The van der Waals surface area contributed by atoms with E-state index in [2.05, 4.69) is 15.2 Å². The maximum Gasteiger partial charge on any atom is 0.141 e. The number of hydrogen-bond acceptors (Lipinski definition) is 6. The highest BCUT2D eigenvalue weighted by Gasteiger charge is 2.05. The van der Waals surface area contributed by atoms with Gasteiger partial charge in [0.15, 0.2) is 0 Å². The number of fused-ring (bicyclic) bond motifs is 1. The summed E-state index contributed by atoms with van der Waals surface area (Å²) in [5.41, 5.74) is 1.56. The van der Waals surface area contributed by atoms with Gasteiger partial charge in [-0.1, -0.05) is 6.08 Å². The molecule has 0 atom stereocenters. The molecule has 0 bridgehead atoms. The zero-order valence-corrected chi connectivity index (χ0v) is 11.0. The summed E-state index contributed by atoms with van der Waals surface area (Å²) in [5, 5.41) is 29.1. The highest BCUT2D eigenvalue weighted by Crippen LogP contribution is 2.31. The van der Waals surface area contributed by atoms with Crippen LogP contribution in [-0.4, -0.2) is 20.4 Å². The topological polar surface area (TPSA) is 81.3 Å². The second kappa shape index (κ2) is 5.56. The fourth-order valence-electron chi connectivity index (χ4n) is 1.91. The second-order valence-corrected chi connectivity index (χ2v) is 4.34. The van der Waals surface area contributed by atoms with E-state index < -0.39 is 0 Å². The van der Waals surface area contributed by atoms with Gasteiger partial charge < -0.3 is 5.11 Å². The Bertz CT molecular complexity index is 793. The summed E-state index contributed by atoms with van der Waals surface area (Å²) >= 11 is 0. The zero-order chi connectivity index (χ0) is 14.7. The van der Waals surface area contributed by atoms with E-state index in [1.807, 2.05) is 6.07 Å². The molecule has 2 N–H and O–H groups in total. The van der Waals surface area contributed by atoms with Crippen LogP contribution >= 0.6 is 0 Å². The van der Waals surface area contributed by atoms with Crippen LogP contribution in [0.25, 0.3) is 10.9 Å². The van der Waals surface area contributed by atoms with Gasteiger partial charge in [0, 0.05) is 17.8 Å². The molecule has 1 aliphatic rings. The van der Waals surface area contributed by atoms with Gasteiger partial charge in [0.1, 0.15) is 17.0 Å². The van der Waals surface area contributed by atoms with Crippen molar-refractivity contribution in [1.29, 1.82) is 0 Å². The summed E-state index contributed by atoms with van der Waals surface area (Å²) in [7, 11) is 0. The smallest absolute Gasteiger partial charge is 0.141 e. The molecular formula is C15H12N4O2. The van der Waals surface area contributed by atoms with Crippen LogP contribution in [0.15, 0.2) is 77.0 Å². The summed E-state index contributed by atoms with van der Waals surface area (Å²) in [5.74, 6) is 0.101. The molecule has 104 valence electrons. The molecule has 6 heteroatoms. The minimum absolute atomic E-state index is 0.101. The van der Waals surface area contributed by atoms with Crippen LogP contribution in [0.3, 0.4) is 0 Å². The molecule has 0 saturated carbocycles. The Hall–Kier alpha value is -2.99. The Morgan fingerprint density at radius 3 is 2.90 bits per heavy atom. The van der Waals surface area contributed by atoms with Gasteiger partial charge in [-0.05, 0) is 36.4 Å². The molecule has 2 aromatic rings. The van der Waals surface area contributed by atoms with Gasteiger partial charge >= 0.3 is 0 Å². The van der Waals surface area contributed by atoms with Crippen LogP contribution in [0.5, 0.6) is 5.75 Å². The monoisotopic (exact) mass is 280 g/mol. The maximum absolute atomic E-state index is 9.78. The Morgan fingerprint density at radius 1 is 1.10 bits per heavy atom. The van der Waals surface area contributed by atoms with Gasteiger partial charge in [-0.25, -0.2) is 5.06 Å². The van der Waals surface area contributed by atoms with Gasteiger partial charge in [0.2, 0.25) is 0 Å². The Labute approximate surface area is 120 Å². The third kappa shape index (κ3) is 2.80. The lowest BCUT2D eigenvalue weighted by atomic mass is 10.2. The molecule has 2 heterocycles. The van der Waals surface area contributed by atoms with Gasteiger partial charge in [-0.3, -0.25) is 10.2 Å². The number of allylic oxidation sites excluding steroid dienone is 3. The van der Waals surface area contributed by atoms with Crippen molar-refractivity contribution in [2.24, 2.45) is 10.2 Å². The number of benzene rings is 1. The van der Waals surface area contributed by atoms with Crippen molar-refractivity contribution < 1.29 is 10.3 Å². The molecule has 21 heavy (non-hydrogen) atoms. The van der Waals surface area contributed by atoms with Crippen LogP contribution in [0, 0.1) is 0 Å². The van der Waals surface area contributed by atoms with E-state index in [9.17, 15) is 10.3 Å². The van der Waals surface area contributed by atoms with Crippen molar-refractivity contribution in [1.82, 2.24) is 10.0 Å². The molecule has 0 aliphatic carbocycles. The Kier molecular flexibility index (Phi) is 3.44. The van der Waals surface area contributed by atoms with E-state index in [0.717, 1.165) is 5.06 Å². The van der Waals surface area contributed by atoms with Crippen molar-refractivity contribution in [3.8, 4) is 5.75 Å². The van der Waals surface area contributed by atoms with Crippen LogP contribution < -0.4 is 0 Å².